The SMILES string of the molecule is COc1ccc(SNCC2(c3cccc4cc(F)ccc34)CC2)cc1N1CCN(C)CC1. The van der Waals surface area contributed by atoms with Crippen molar-refractivity contribution < 1.29 is 9.13 Å². The van der Waals surface area contributed by atoms with Crippen molar-refractivity contribution in [2.45, 2.75) is 23.2 Å². The lowest BCUT2D eigenvalue weighted by molar-refractivity contribution is 0.311. The molecule has 3 aromatic rings. The van der Waals surface area contributed by atoms with Crippen LogP contribution in [0.1, 0.15) is 18.4 Å². The van der Waals surface area contributed by atoms with Gasteiger partial charge in [-0.2, -0.15) is 0 Å². The fourth-order valence-electron chi connectivity index (χ4n) is 4.69. The zero-order chi connectivity index (χ0) is 22.1. The monoisotopic (exact) mass is 451 g/mol. The Labute approximate surface area is 193 Å². The molecule has 2 aliphatic rings. The Morgan fingerprint density at radius 3 is 2.59 bits per heavy atom. The van der Waals surface area contributed by atoms with Gasteiger partial charge in [-0.3, -0.25) is 4.72 Å². The highest BCUT2D eigenvalue weighted by atomic mass is 32.2. The number of hydrogen-bond donors (Lipinski definition) is 1. The van der Waals surface area contributed by atoms with Crippen molar-refractivity contribution in [3.63, 3.8) is 0 Å². The summed E-state index contributed by atoms with van der Waals surface area (Å²) in [6.45, 7) is 5.05. The molecule has 1 heterocycles. The molecule has 5 rings (SSSR count). The molecule has 6 heteroatoms. The Kier molecular flexibility index (Phi) is 6.01. The van der Waals surface area contributed by atoms with Gasteiger partial charge in [-0.1, -0.05) is 24.3 Å². The van der Waals surface area contributed by atoms with Crippen molar-refractivity contribution in [2.75, 3.05) is 51.8 Å². The number of fused-ring (bicyclic) bond motifs is 1. The zero-order valence-electron chi connectivity index (χ0n) is 18.7. The standard InChI is InChI=1S/C26H30FN3OS/c1-29-12-14-30(15-13-29)24-17-21(7-9-25(24)31-2)32-28-18-26(10-11-26)23-5-3-4-19-16-20(27)6-8-22(19)23/h3-9,16-17,28H,10-15,18H2,1-2H3. The van der Waals surface area contributed by atoms with Gasteiger partial charge in [0.25, 0.3) is 0 Å². The quantitative estimate of drug-likeness (QED) is 0.507. The van der Waals surface area contributed by atoms with Crippen LogP contribution in [0.2, 0.25) is 0 Å². The second kappa shape index (κ2) is 8.93. The summed E-state index contributed by atoms with van der Waals surface area (Å²) in [5.74, 6) is 0.754. The Bertz CT molecular complexity index is 1110. The van der Waals surface area contributed by atoms with E-state index in [0.29, 0.717) is 0 Å². The first-order valence-corrected chi connectivity index (χ1v) is 12.1. The van der Waals surface area contributed by atoms with Gasteiger partial charge in [0.2, 0.25) is 0 Å². The fourth-order valence-corrected chi connectivity index (χ4v) is 5.52. The molecule has 0 atom stereocenters. The van der Waals surface area contributed by atoms with Crippen LogP contribution in [0, 0.1) is 5.82 Å². The second-order valence-electron chi connectivity index (χ2n) is 9.00. The summed E-state index contributed by atoms with van der Waals surface area (Å²) in [6.07, 6.45) is 2.32. The molecule has 0 spiro atoms. The third kappa shape index (κ3) is 4.32. The number of methoxy groups -OCH3 is 1. The molecular formula is C26H30FN3OS. The van der Waals surface area contributed by atoms with E-state index in [-0.39, 0.29) is 11.2 Å². The number of piperazine rings is 1. The van der Waals surface area contributed by atoms with Crippen molar-refractivity contribution in [3.05, 3.63) is 66.0 Å². The van der Waals surface area contributed by atoms with Crippen LogP contribution in [-0.2, 0) is 5.41 Å². The van der Waals surface area contributed by atoms with Crippen LogP contribution in [0.5, 0.6) is 5.75 Å². The maximum Gasteiger partial charge on any atom is 0.142 e. The first-order valence-electron chi connectivity index (χ1n) is 11.3. The molecule has 1 saturated heterocycles. The molecule has 1 aliphatic heterocycles. The number of likely N-dealkylation sites (N-methyl/N-ethyl adjacent to an activating group) is 1. The number of halogens is 1. The summed E-state index contributed by atoms with van der Waals surface area (Å²) in [5.41, 5.74) is 2.64. The van der Waals surface area contributed by atoms with Crippen LogP contribution < -0.4 is 14.4 Å². The molecule has 1 N–H and O–H groups in total. The fraction of sp³-hybridized carbons (Fsp3) is 0.385. The van der Waals surface area contributed by atoms with Gasteiger partial charge in [0.1, 0.15) is 11.6 Å². The molecule has 4 nitrogen and oxygen atoms in total. The van der Waals surface area contributed by atoms with E-state index in [1.807, 2.05) is 12.1 Å². The molecule has 1 aliphatic carbocycles. The van der Waals surface area contributed by atoms with E-state index >= 15 is 0 Å². The van der Waals surface area contributed by atoms with Gasteiger partial charge in [-0.05, 0) is 78.5 Å². The van der Waals surface area contributed by atoms with Gasteiger partial charge in [-0.15, -0.1) is 0 Å². The average Bonchev–Trinajstić information content (AvgIpc) is 3.60. The molecule has 0 bridgehead atoms. The number of hydrogen-bond acceptors (Lipinski definition) is 5. The van der Waals surface area contributed by atoms with Crippen molar-refractivity contribution in [3.8, 4) is 5.75 Å². The van der Waals surface area contributed by atoms with Gasteiger partial charge >= 0.3 is 0 Å². The zero-order valence-corrected chi connectivity index (χ0v) is 19.6. The summed E-state index contributed by atoms with van der Waals surface area (Å²) in [5, 5.41) is 2.15. The summed E-state index contributed by atoms with van der Waals surface area (Å²) in [7, 11) is 3.91. The summed E-state index contributed by atoms with van der Waals surface area (Å²) >= 11 is 1.69. The van der Waals surface area contributed by atoms with Gasteiger partial charge in [0.15, 0.2) is 0 Å². The molecule has 168 valence electrons. The van der Waals surface area contributed by atoms with E-state index in [4.69, 9.17) is 4.74 Å². The maximum absolute atomic E-state index is 13.7. The van der Waals surface area contributed by atoms with Crippen molar-refractivity contribution in [1.82, 2.24) is 9.62 Å². The number of benzene rings is 3. The minimum absolute atomic E-state index is 0.136. The topological polar surface area (TPSA) is 27.7 Å². The molecular weight excluding hydrogens is 421 g/mol. The van der Waals surface area contributed by atoms with Gasteiger partial charge in [-0.25, -0.2) is 4.39 Å². The van der Waals surface area contributed by atoms with E-state index in [1.165, 1.54) is 21.5 Å². The molecule has 0 radical (unpaired) electrons. The Morgan fingerprint density at radius 2 is 1.84 bits per heavy atom. The van der Waals surface area contributed by atoms with Gasteiger partial charge in [0.05, 0.1) is 12.8 Å². The smallest absolute Gasteiger partial charge is 0.142 e. The van der Waals surface area contributed by atoms with Crippen molar-refractivity contribution in [2.24, 2.45) is 0 Å². The first kappa shape index (κ1) is 21.6. The molecule has 0 aromatic heterocycles. The third-order valence-electron chi connectivity index (χ3n) is 6.86. The molecule has 1 saturated carbocycles. The maximum atomic E-state index is 13.7. The second-order valence-corrected chi connectivity index (χ2v) is 9.96. The Balaban J connectivity index is 1.29. The van der Waals surface area contributed by atoms with Crippen LogP contribution in [0.4, 0.5) is 10.1 Å². The third-order valence-corrected chi connectivity index (χ3v) is 7.64. The van der Waals surface area contributed by atoms with E-state index in [1.54, 1.807) is 31.2 Å². The lowest BCUT2D eigenvalue weighted by Gasteiger charge is -2.34. The van der Waals surface area contributed by atoms with E-state index in [9.17, 15) is 4.39 Å². The normalized spacial score (nSPS) is 18.2. The molecule has 0 amide bonds. The van der Waals surface area contributed by atoms with E-state index in [2.05, 4.69) is 51.9 Å². The summed E-state index contributed by atoms with van der Waals surface area (Å²) < 4.78 is 23.0. The van der Waals surface area contributed by atoms with Gasteiger partial charge < -0.3 is 14.5 Å². The van der Waals surface area contributed by atoms with Crippen LogP contribution in [-0.4, -0.2) is 51.8 Å². The number of ether oxygens (including phenoxy) is 1. The molecule has 0 unspecified atom stereocenters. The van der Waals surface area contributed by atoms with Crippen molar-refractivity contribution >= 4 is 28.4 Å². The summed E-state index contributed by atoms with van der Waals surface area (Å²) in [4.78, 5) is 5.97. The van der Waals surface area contributed by atoms with E-state index in [0.717, 1.165) is 56.7 Å². The Morgan fingerprint density at radius 1 is 1.03 bits per heavy atom. The highest BCUT2D eigenvalue weighted by molar-refractivity contribution is 7.97. The van der Waals surface area contributed by atoms with Crippen LogP contribution in [0.3, 0.4) is 0 Å². The lowest BCUT2D eigenvalue weighted by Crippen LogP contribution is -2.44. The minimum atomic E-state index is -0.177. The van der Waals surface area contributed by atoms with Crippen molar-refractivity contribution in [1.29, 1.82) is 0 Å². The summed E-state index contributed by atoms with van der Waals surface area (Å²) in [6, 6.07) is 17.8. The predicted octanol–water partition coefficient (Wildman–Crippen LogP) is 5.07. The largest absolute Gasteiger partial charge is 0.495 e. The Hall–Kier alpha value is -2.28. The van der Waals surface area contributed by atoms with E-state index < -0.39 is 0 Å². The number of nitrogens with one attached hydrogen (secondary N) is 1. The van der Waals surface area contributed by atoms with Crippen LogP contribution >= 0.6 is 11.9 Å². The van der Waals surface area contributed by atoms with Crippen LogP contribution in [0.15, 0.2) is 59.5 Å². The minimum Gasteiger partial charge on any atom is -0.495 e. The first-order chi connectivity index (χ1) is 15.6. The number of anilines is 1. The lowest BCUT2D eigenvalue weighted by atomic mass is 9.91. The van der Waals surface area contributed by atoms with Crippen LogP contribution in [0.25, 0.3) is 10.8 Å². The molecule has 2 fully saturated rings. The number of nitrogens with zero attached hydrogens (tertiary/aromatic N) is 2. The predicted molar refractivity (Wildman–Crippen MR) is 131 cm³/mol. The highest BCUT2D eigenvalue weighted by Crippen LogP contribution is 2.50. The molecule has 3 aromatic carbocycles. The van der Waals surface area contributed by atoms with Gasteiger partial charge in [0, 0.05) is 43.0 Å². The molecule has 32 heavy (non-hydrogen) atoms. The number of rotatable bonds is 7. The highest BCUT2D eigenvalue weighted by Gasteiger charge is 2.44. The average molecular weight is 452 g/mol.